The average Bonchev–Trinajstić information content (AvgIpc) is 2.24. The van der Waals surface area contributed by atoms with Crippen LogP contribution in [0.2, 0.25) is 0 Å². The topological polar surface area (TPSA) is 92.5 Å². The lowest BCUT2D eigenvalue weighted by Gasteiger charge is -2.22. The summed E-state index contributed by atoms with van der Waals surface area (Å²) in [6.07, 6.45) is 0. The first-order valence-electron chi connectivity index (χ1n) is 5.18. The van der Waals surface area contributed by atoms with Gasteiger partial charge in [0.25, 0.3) is 0 Å². The summed E-state index contributed by atoms with van der Waals surface area (Å²) < 4.78 is 25.8. The number of nitrogens with zero attached hydrogens (tertiary/aromatic N) is 1. The van der Waals surface area contributed by atoms with Crippen molar-refractivity contribution in [1.82, 2.24) is 9.62 Å². The van der Waals surface area contributed by atoms with E-state index in [4.69, 9.17) is 5.73 Å². The first-order chi connectivity index (χ1) is 7.63. The number of hydrogen-bond acceptors (Lipinski definition) is 4. The van der Waals surface area contributed by atoms with Crippen LogP contribution in [-0.4, -0.2) is 49.1 Å². The minimum Gasteiger partial charge on any atom is -0.392 e. The lowest BCUT2D eigenvalue weighted by atomic mass is 10.3. The van der Waals surface area contributed by atoms with Crippen LogP contribution in [0.15, 0.2) is 0 Å². The van der Waals surface area contributed by atoms with Crippen molar-refractivity contribution in [3.8, 4) is 0 Å². The van der Waals surface area contributed by atoms with Gasteiger partial charge in [0.05, 0.1) is 11.0 Å². The van der Waals surface area contributed by atoms with Crippen molar-refractivity contribution >= 4 is 33.1 Å². The molecule has 0 rings (SSSR count). The minimum absolute atomic E-state index is 0.124. The monoisotopic (exact) mass is 281 g/mol. The van der Waals surface area contributed by atoms with E-state index in [9.17, 15) is 13.2 Å². The van der Waals surface area contributed by atoms with Crippen molar-refractivity contribution in [2.24, 2.45) is 5.73 Å². The third kappa shape index (κ3) is 4.57. The highest BCUT2D eigenvalue weighted by atomic mass is 32.2. The molecule has 2 unspecified atom stereocenters. The van der Waals surface area contributed by atoms with Crippen molar-refractivity contribution < 1.29 is 13.2 Å². The van der Waals surface area contributed by atoms with E-state index in [1.165, 1.54) is 18.7 Å². The van der Waals surface area contributed by atoms with Crippen LogP contribution in [0, 0.1) is 0 Å². The van der Waals surface area contributed by atoms with Gasteiger partial charge in [-0.25, -0.2) is 13.1 Å². The van der Waals surface area contributed by atoms with Crippen LogP contribution in [0.25, 0.3) is 0 Å². The van der Waals surface area contributed by atoms with E-state index in [1.54, 1.807) is 14.0 Å². The molecule has 0 aliphatic rings. The van der Waals surface area contributed by atoms with Gasteiger partial charge in [-0.05, 0) is 20.8 Å². The number of carbonyl (C=O) groups excluding carboxylic acids is 1. The highest BCUT2D eigenvalue weighted by Gasteiger charge is 2.28. The van der Waals surface area contributed by atoms with Crippen molar-refractivity contribution in [3.05, 3.63) is 0 Å². The summed E-state index contributed by atoms with van der Waals surface area (Å²) in [6.45, 7) is 5.18. The molecule has 0 spiro atoms. The van der Waals surface area contributed by atoms with Crippen molar-refractivity contribution in [3.63, 3.8) is 0 Å². The van der Waals surface area contributed by atoms with Gasteiger partial charge in [0.15, 0.2) is 0 Å². The van der Waals surface area contributed by atoms with Crippen LogP contribution < -0.4 is 10.5 Å². The molecule has 0 bridgehead atoms. The highest BCUT2D eigenvalue weighted by Crippen LogP contribution is 2.02. The Morgan fingerprint density at radius 2 is 1.94 bits per heavy atom. The number of sulfonamides is 1. The lowest BCUT2D eigenvalue weighted by molar-refractivity contribution is -0.131. The van der Waals surface area contributed by atoms with Gasteiger partial charge in [-0.15, -0.1) is 0 Å². The Hall–Kier alpha value is -0.730. The van der Waals surface area contributed by atoms with Gasteiger partial charge in [-0.2, -0.15) is 0 Å². The molecular weight excluding hydrogens is 262 g/mol. The van der Waals surface area contributed by atoms with Gasteiger partial charge in [0, 0.05) is 13.6 Å². The molecule has 0 aliphatic carbocycles. The summed E-state index contributed by atoms with van der Waals surface area (Å²) in [5.74, 6) is -0.300. The second kappa shape index (κ2) is 6.27. The number of amides is 1. The summed E-state index contributed by atoms with van der Waals surface area (Å²) in [5.41, 5.74) is 5.28. The van der Waals surface area contributed by atoms with E-state index in [0.717, 1.165) is 0 Å². The maximum Gasteiger partial charge on any atom is 0.240 e. The fraction of sp³-hybridized carbons (Fsp3) is 0.778. The van der Waals surface area contributed by atoms with E-state index >= 15 is 0 Å². The Morgan fingerprint density at radius 3 is 2.29 bits per heavy atom. The third-order valence-electron chi connectivity index (χ3n) is 2.43. The molecule has 0 heterocycles. The fourth-order valence-corrected chi connectivity index (χ4v) is 2.52. The summed E-state index contributed by atoms with van der Waals surface area (Å²) in [5, 5.41) is -1.00. The van der Waals surface area contributed by atoms with Crippen molar-refractivity contribution in [2.45, 2.75) is 32.1 Å². The van der Waals surface area contributed by atoms with Crippen LogP contribution in [-0.2, 0) is 14.8 Å². The SMILES string of the molecule is CCN(C)C(=O)C(C)NS(=O)(=O)C(C)C(N)=S. The van der Waals surface area contributed by atoms with E-state index in [-0.39, 0.29) is 10.9 Å². The number of rotatable bonds is 6. The molecule has 3 N–H and O–H groups in total. The molecule has 0 fully saturated rings. The van der Waals surface area contributed by atoms with Crippen LogP contribution >= 0.6 is 12.2 Å². The van der Waals surface area contributed by atoms with E-state index in [2.05, 4.69) is 16.9 Å². The molecule has 0 aromatic carbocycles. The number of hydrogen-bond donors (Lipinski definition) is 2. The first-order valence-corrected chi connectivity index (χ1v) is 7.14. The molecule has 0 saturated heterocycles. The number of nitrogens with two attached hydrogens (primary N) is 1. The van der Waals surface area contributed by atoms with Gasteiger partial charge < -0.3 is 10.6 Å². The lowest BCUT2D eigenvalue weighted by Crippen LogP contribution is -2.49. The number of likely N-dealkylation sites (N-methyl/N-ethyl adjacent to an activating group) is 1. The largest absolute Gasteiger partial charge is 0.392 e. The Labute approximate surface area is 108 Å². The fourth-order valence-electron chi connectivity index (χ4n) is 1.04. The Bertz CT molecular complexity index is 394. The zero-order valence-electron chi connectivity index (χ0n) is 10.4. The maximum absolute atomic E-state index is 11.7. The molecule has 2 atom stereocenters. The molecule has 0 aliphatic heterocycles. The van der Waals surface area contributed by atoms with Crippen molar-refractivity contribution in [2.75, 3.05) is 13.6 Å². The first kappa shape index (κ1) is 16.3. The van der Waals surface area contributed by atoms with Gasteiger partial charge in [0.2, 0.25) is 15.9 Å². The number of thiocarbonyl (C=S) groups is 1. The predicted molar refractivity (Wildman–Crippen MR) is 71.1 cm³/mol. The second-order valence-corrected chi connectivity index (χ2v) is 6.29. The van der Waals surface area contributed by atoms with E-state index in [0.29, 0.717) is 6.54 Å². The molecule has 17 heavy (non-hydrogen) atoms. The average molecular weight is 281 g/mol. The Kier molecular flexibility index (Phi) is 6.00. The van der Waals surface area contributed by atoms with Crippen molar-refractivity contribution in [1.29, 1.82) is 0 Å². The van der Waals surface area contributed by atoms with Gasteiger partial charge >= 0.3 is 0 Å². The maximum atomic E-state index is 11.7. The molecule has 100 valence electrons. The van der Waals surface area contributed by atoms with E-state index in [1.807, 2.05) is 0 Å². The Morgan fingerprint density at radius 1 is 1.47 bits per heavy atom. The van der Waals surface area contributed by atoms with Crippen LogP contribution in [0.1, 0.15) is 20.8 Å². The molecule has 0 aromatic rings. The van der Waals surface area contributed by atoms with E-state index < -0.39 is 21.3 Å². The van der Waals surface area contributed by atoms with Crippen LogP contribution in [0.3, 0.4) is 0 Å². The molecule has 0 radical (unpaired) electrons. The summed E-state index contributed by atoms with van der Waals surface area (Å²) in [4.78, 5) is 13.0. The molecule has 0 saturated carbocycles. The second-order valence-electron chi connectivity index (χ2n) is 3.78. The Balaban J connectivity index is 4.74. The normalized spacial score (nSPS) is 15.1. The molecule has 0 aromatic heterocycles. The molecule has 6 nitrogen and oxygen atoms in total. The molecule has 1 amide bonds. The summed E-state index contributed by atoms with van der Waals surface area (Å²) >= 11 is 4.62. The number of carbonyl (C=O) groups is 1. The number of nitrogens with one attached hydrogen (secondary N) is 1. The van der Waals surface area contributed by atoms with Crippen LogP contribution in [0.5, 0.6) is 0 Å². The van der Waals surface area contributed by atoms with Gasteiger partial charge in [-0.1, -0.05) is 12.2 Å². The zero-order chi connectivity index (χ0) is 13.8. The summed E-state index contributed by atoms with van der Waals surface area (Å²) in [7, 11) is -2.11. The smallest absolute Gasteiger partial charge is 0.240 e. The zero-order valence-corrected chi connectivity index (χ0v) is 12.1. The quantitative estimate of drug-likeness (QED) is 0.637. The predicted octanol–water partition coefficient (Wildman–Crippen LogP) is -0.553. The third-order valence-corrected chi connectivity index (χ3v) is 4.80. The minimum atomic E-state index is -3.71. The highest BCUT2D eigenvalue weighted by molar-refractivity contribution is 7.93. The molecular formula is C9H19N3O3S2. The summed E-state index contributed by atoms with van der Waals surface area (Å²) in [6, 6.07) is -0.832. The van der Waals surface area contributed by atoms with Crippen LogP contribution in [0.4, 0.5) is 0 Å². The van der Waals surface area contributed by atoms with Gasteiger partial charge in [0.1, 0.15) is 5.25 Å². The standard InChI is InChI=1S/C9H19N3O3S2/c1-5-12(4)9(13)6(2)11-17(14,15)7(3)8(10)16/h6-7,11H,5H2,1-4H3,(H2,10,16). The van der Waals surface area contributed by atoms with Gasteiger partial charge in [-0.3, -0.25) is 4.79 Å². The molecule has 8 heteroatoms.